The largest absolute Gasteiger partial charge is 0.395 e. The van der Waals surface area contributed by atoms with E-state index in [1.807, 2.05) is 6.92 Å². The van der Waals surface area contributed by atoms with Gasteiger partial charge in [0, 0.05) is 20.6 Å². The third-order valence-electron chi connectivity index (χ3n) is 2.87. The van der Waals surface area contributed by atoms with Gasteiger partial charge >= 0.3 is 0 Å². The van der Waals surface area contributed by atoms with Crippen molar-refractivity contribution in [1.82, 2.24) is 20.0 Å². The van der Waals surface area contributed by atoms with Crippen molar-refractivity contribution in [2.45, 2.75) is 20.3 Å². The Morgan fingerprint density at radius 3 is 2.53 bits per heavy atom. The van der Waals surface area contributed by atoms with Crippen LogP contribution in [-0.2, 0) is 11.8 Å². The number of likely N-dealkylation sites (N-methyl/N-ethyl adjacent to an activating group) is 1. The lowest BCUT2D eigenvalue weighted by Gasteiger charge is -2.21. The average molecular weight is 267 g/mol. The minimum Gasteiger partial charge on any atom is -0.395 e. The molecule has 0 bridgehead atoms. The summed E-state index contributed by atoms with van der Waals surface area (Å²) in [7, 11) is 3.21. The normalized spacial score (nSPS) is 10.3. The number of carbonyl (C=O) groups excluding carboxylic acids is 2. The van der Waals surface area contributed by atoms with Crippen LogP contribution in [-0.4, -0.2) is 46.6 Å². The molecule has 0 aliphatic carbocycles. The highest BCUT2D eigenvalue weighted by Crippen LogP contribution is 2.17. The Labute approximate surface area is 112 Å². The number of nitrogen functional groups attached to an aromatic ring is 1. The molecule has 0 spiro atoms. The van der Waals surface area contributed by atoms with E-state index in [1.165, 1.54) is 9.58 Å². The van der Waals surface area contributed by atoms with Crippen molar-refractivity contribution in [3.63, 3.8) is 0 Å². The number of aryl methyl sites for hydroxylation is 2. The second kappa shape index (κ2) is 6.21. The van der Waals surface area contributed by atoms with Gasteiger partial charge in [-0.3, -0.25) is 14.3 Å². The zero-order valence-corrected chi connectivity index (χ0v) is 11.9. The molecule has 0 radical (unpaired) electrons. The maximum Gasteiger partial charge on any atom is 0.274 e. The Morgan fingerprint density at radius 2 is 2.11 bits per heavy atom. The molecule has 0 saturated carbocycles. The lowest BCUT2D eigenvalue weighted by atomic mass is 10.2. The van der Waals surface area contributed by atoms with E-state index < -0.39 is 0 Å². The van der Waals surface area contributed by atoms with Crippen molar-refractivity contribution in [3.05, 3.63) is 11.4 Å². The summed E-state index contributed by atoms with van der Waals surface area (Å²) in [5.41, 5.74) is 7.18. The molecule has 2 amide bonds. The molecule has 0 saturated heterocycles. The van der Waals surface area contributed by atoms with Gasteiger partial charge in [0.15, 0.2) is 0 Å². The molecular formula is C12H21N5O2. The number of rotatable bonds is 5. The van der Waals surface area contributed by atoms with Crippen LogP contribution >= 0.6 is 0 Å². The summed E-state index contributed by atoms with van der Waals surface area (Å²) in [5, 5.41) is 6.63. The standard InChI is InChI=1S/C12H21N5O2/c1-5-6-17(7-9(18)14-3)12(19)11-10(13)8(2)15-16(11)4/h5-7,13H2,1-4H3,(H,14,18). The third kappa shape index (κ3) is 3.24. The highest BCUT2D eigenvalue weighted by Gasteiger charge is 2.24. The van der Waals surface area contributed by atoms with E-state index in [1.54, 1.807) is 21.0 Å². The lowest BCUT2D eigenvalue weighted by Crippen LogP contribution is -2.41. The molecule has 0 unspecified atom stereocenters. The molecular weight excluding hydrogens is 246 g/mol. The number of nitrogens with zero attached hydrogens (tertiary/aromatic N) is 3. The maximum atomic E-state index is 12.4. The number of carbonyl (C=O) groups is 2. The Morgan fingerprint density at radius 1 is 1.47 bits per heavy atom. The topological polar surface area (TPSA) is 93.2 Å². The summed E-state index contributed by atoms with van der Waals surface area (Å²) in [6.45, 7) is 4.21. The van der Waals surface area contributed by atoms with Crippen molar-refractivity contribution in [3.8, 4) is 0 Å². The lowest BCUT2D eigenvalue weighted by molar-refractivity contribution is -0.121. The summed E-state index contributed by atoms with van der Waals surface area (Å²) in [6.07, 6.45) is 0.763. The number of hydrogen-bond donors (Lipinski definition) is 2. The third-order valence-corrected chi connectivity index (χ3v) is 2.87. The van der Waals surface area contributed by atoms with E-state index in [4.69, 9.17) is 5.73 Å². The zero-order valence-electron chi connectivity index (χ0n) is 11.9. The van der Waals surface area contributed by atoms with Crippen LogP contribution in [0, 0.1) is 6.92 Å². The van der Waals surface area contributed by atoms with Gasteiger partial charge in [-0.25, -0.2) is 0 Å². The van der Waals surface area contributed by atoms with Crippen molar-refractivity contribution in [2.24, 2.45) is 7.05 Å². The highest BCUT2D eigenvalue weighted by atomic mass is 16.2. The van der Waals surface area contributed by atoms with Crippen LogP contribution in [0.1, 0.15) is 29.5 Å². The van der Waals surface area contributed by atoms with Crippen LogP contribution in [0.3, 0.4) is 0 Å². The molecule has 106 valence electrons. The summed E-state index contributed by atoms with van der Waals surface area (Å²) >= 11 is 0. The Kier molecular flexibility index (Phi) is 4.91. The Bertz CT molecular complexity index is 481. The molecule has 3 N–H and O–H groups in total. The molecule has 1 heterocycles. The van der Waals surface area contributed by atoms with Crippen molar-refractivity contribution in [1.29, 1.82) is 0 Å². The molecule has 1 aromatic rings. The fourth-order valence-electron chi connectivity index (χ4n) is 1.85. The first-order valence-electron chi connectivity index (χ1n) is 6.21. The van der Waals surface area contributed by atoms with Crippen molar-refractivity contribution >= 4 is 17.5 Å². The molecule has 7 heteroatoms. The molecule has 1 aromatic heterocycles. The molecule has 1 rings (SSSR count). The number of aromatic nitrogens is 2. The average Bonchev–Trinajstić information content (AvgIpc) is 2.62. The number of nitrogens with two attached hydrogens (primary N) is 1. The summed E-state index contributed by atoms with van der Waals surface area (Å²) in [4.78, 5) is 25.4. The molecule has 7 nitrogen and oxygen atoms in total. The molecule has 0 aromatic carbocycles. The van der Waals surface area contributed by atoms with Crippen LogP contribution in [0.4, 0.5) is 5.69 Å². The summed E-state index contributed by atoms with van der Waals surface area (Å²) in [5.74, 6) is -0.481. The van der Waals surface area contributed by atoms with Crippen LogP contribution < -0.4 is 11.1 Å². The van der Waals surface area contributed by atoms with E-state index >= 15 is 0 Å². The van der Waals surface area contributed by atoms with Gasteiger partial charge in [-0.1, -0.05) is 6.92 Å². The first-order valence-corrected chi connectivity index (χ1v) is 6.21. The Balaban J connectivity index is 3.02. The van der Waals surface area contributed by atoms with Crippen LogP contribution in [0.25, 0.3) is 0 Å². The number of hydrogen-bond acceptors (Lipinski definition) is 4. The predicted molar refractivity (Wildman–Crippen MR) is 72.6 cm³/mol. The fourth-order valence-corrected chi connectivity index (χ4v) is 1.85. The fraction of sp³-hybridized carbons (Fsp3) is 0.583. The minimum absolute atomic E-state index is 0.0207. The Hall–Kier alpha value is -2.05. The number of amides is 2. The molecule has 0 aliphatic rings. The monoisotopic (exact) mass is 267 g/mol. The van der Waals surface area contributed by atoms with Gasteiger partial charge in [-0.15, -0.1) is 0 Å². The summed E-state index contributed by atoms with van der Waals surface area (Å²) in [6, 6.07) is 0. The van der Waals surface area contributed by atoms with Crippen LogP contribution in [0.2, 0.25) is 0 Å². The smallest absolute Gasteiger partial charge is 0.274 e. The number of nitrogens with one attached hydrogen (secondary N) is 1. The quantitative estimate of drug-likeness (QED) is 0.779. The predicted octanol–water partition coefficient (Wildman–Crippen LogP) is -0.0911. The van der Waals surface area contributed by atoms with Gasteiger partial charge in [0.25, 0.3) is 5.91 Å². The zero-order chi connectivity index (χ0) is 14.6. The molecule has 0 aliphatic heterocycles. The minimum atomic E-state index is -0.272. The van der Waals surface area contributed by atoms with Gasteiger partial charge in [0.2, 0.25) is 5.91 Å². The number of anilines is 1. The van der Waals surface area contributed by atoms with Crippen molar-refractivity contribution < 1.29 is 9.59 Å². The van der Waals surface area contributed by atoms with E-state index in [0.717, 1.165) is 6.42 Å². The van der Waals surface area contributed by atoms with E-state index in [9.17, 15) is 9.59 Å². The summed E-state index contributed by atoms with van der Waals surface area (Å²) < 4.78 is 1.46. The first kappa shape index (κ1) is 15.0. The van der Waals surface area contributed by atoms with E-state index in [2.05, 4.69) is 10.4 Å². The molecule has 0 atom stereocenters. The van der Waals surface area contributed by atoms with Crippen LogP contribution in [0.15, 0.2) is 0 Å². The molecule has 0 fully saturated rings. The van der Waals surface area contributed by atoms with Gasteiger partial charge in [0.1, 0.15) is 5.69 Å². The van der Waals surface area contributed by atoms with E-state index in [-0.39, 0.29) is 18.4 Å². The second-order valence-electron chi connectivity index (χ2n) is 4.37. The van der Waals surface area contributed by atoms with Gasteiger partial charge < -0.3 is 16.0 Å². The first-order chi connectivity index (χ1) is 8.92. The van der Waals surface area contributed by atoms with E-state index in [0.29, 0.717) is 23.6 Å². The highest BCUT2D eigenvalue weighted by molar-refractivity contribution is 5.99. The molecule has 19 heavy (non-hydrogen) atoms. The van der Waals surface area contributed by atoms with Crippen LogP contribution in [0.5, 0.6) is 0 Å². The second-order valence-corrected chi connectivity index (χ2v) is 4.37. The van der Waals surface area contributed by atoms with Crippen molar-refractivity contribution in [2.75, 3.05) is 25.9 Å². The van der Waals surface area contributed by atoms with Gasteiger partial charge in [-0.2, -0.15) is 5.10 Å². The maximum absolute atomic E-state index is 12.4. The van der Waals surface area contributed by atoms with Gasteiger partial charge in [-0.05, 0) is 13.3 Å². The van der Waals surface area contributed by atoms with Gasteiger partial charge in [0.05, 0.1) is 17.9 Å². The SMILES string of the molecule is CCCN(CC(=O)NC)C(=O)c1c(N)c(C)nn1C.